The smallest absolute Gasteiger partial charge is 0.412 e. The molecule has 1 heterocycles. The van der Waals surface area contributed by atoms with Gasteiger partial charge in [-0.15, -0.1) is 0 Å². The number of nitrogens with zero attached hydrogens (tertiary/aromatic N) is 1. The van der Waals surface area contributed by atoms with Crippen molar-refractivity contribution in [3.63, 3.8) is 0 Å². The predicted octanol–water partition coefficient (Wildman–Crippen LogP) is 3.13. The maximum atomic E-state index is 12.2. The number of amides is 1. The summed E-state index contributed by atoms with van der Waals surface area (Å²) < 4.78 is 10.6. The minimum absolute atomic E-state index is 0.222. The van der Waals surface area contributed by atoms with E-state index in [1.54, 1.807) is 39.8 Å². The van der Waals surface area contributed by atoms with Gasteiger partial charge < -0.3 is 14.5 Å². The highest BCUT2D eigenvalue weighted by molar-refractivity contribution is 6.63. The van der Waals surface area contributed by atoms with Gasteiger partial charge in [0.05, 0.1) is 12.8 Å². The molecule has 2 N–H and O–H groups in total. The van der Waals surface area contributed by atoms with E-state index in [1.165, 1.54) is 11.2 Å². The van der Waals surface area contributed by atoms with Crippen molar-refractivity contribution in [2.75, 3.05) is 0 Å². The van der Waals surface area contributed by atoms with Gasteiger partial charge in [-0.25, -0.2) is 4.79 Å². The molecule has 1 rings (SSSR count). The minimum atomic E-state index is -0.604. The molecule has 0 bridgehead atoms. The van der Waals surface area contributed by atoms with Crippen molar-refractivity contribution >= 4 is 23.0 Å². The van der Waals surface area contributed by atoms with Crippen LogP contribution in [0, 0.1) is 5.41 Å². The van der Waals surface area contributed by atoms with Crippen molar-refractivity contribution in [3.05, 3.63) is 24.2 Å². The Hall–Kier alpha value is -1.69. The third-order valence-electron chi connectivity index (χ3n) is 2.34. The van der Waals surface area contributed by atoms with Gasteiger partial charge in [0, 0.05) is 0 Å². The molecule has 1 unspecified atom stereocenters. The van der Waals surface area contributed by atoms with Crippen molar-refractivity contribution < 1.29 is 13.9 Å². The van der Waals surface area contributed by atoms with Gasteiger partial charge in [-0.05, 0) is 51.4 Å². The van der Waals surface area contributed by atoms with Crippen LogP contribution in [0.5, 0.6) is 0 Å². The van der Waals surface area contributed by atoms with Gasteiger partial charge in [-0.2, -0.15) is 0 Å². The maximum absolute atomic E-state index is 12.2. The third kappa shape index (κ3) is 5.52. The third-order valence-corrected chi connectivity index (χ3v) is 2.45. The first-order valence-electron chi connectivity index (χ1n) is 6.21. The molecule has 0 radical (unpaired) electrons. The fraction of sp³-hybridized carbons (Fsp3) is 0.538. The number of carbonyl (C=O) groups is 1. The number of hydrogen-bond donors (Lipinski definition) is 2. The zero-order valence-electron chi connectivity index (χ0n) is 12.1. The standard InChI is InChI=1S/C13H20ClN3O3/c1-9(16-11(14)15)17(8-10-6-5-7-19-10)12(18)20-13(2,3)4/h5-7,9H,8H2,1-4H3,(H2,15,16). The topological polar surface area (TPSA) is 78.6 Å². The Morgan fingerprint density at radius 2 is 2.25 bits per heavy atom. The molecule has 0 aliphatic heterocycles. The van der Waals surface area contributed by atoms with E-state index >= 15 is 0 Å². The summed E-state index contributed by atoms with van der Waals surface area (Å²) in [4.78, 5) is 13.6. The van der Waals surface area contributed by atoms with Gasteiger partial charge in [0.25, 0.3) is 0 Å². The number of carbonyl (C=O) groups excluding carboxylic acids is 1. The second-order valence-electron chi connectivity index (χ2n) is 5.32. The van der Waals surface area contributed by atoms with Gasteiger partial charge in [0.15, 0.2) is 5.29 Å². The highest BCUT2D eigenvalue weighted by Gasteiger charge is 2.27. The van der Waals surface area contributed by atoms with Gasteiger partial charge in [0.2, 0.25) is 0 Å². The Morgan fingerprint density at radius 1 is 1.60 bits per heavy atom. The number of halogens is 1. The van der Waals surface area contributed by atoms with Gasteiger partial charge in [-0.3, -0.25) is 10.3 Å². The zero-order valence-corrected chi connectivity index (χ0v) is 12.8. The van der Waals surface area contributed by atoms with Crippen LogP contribution in [0.4, 0.5) is 4.79 Å². The number of ether oxygens (including phenoxy) is 1. The first-order valence-corrected chi connectivity index (χ1v) is 6.59. The summed E-state index contributed by atoms with van der Waals surface area (Å²) in [5.41, 5.74) is -0.604. The fourth-order valence-corrected chi connectivity index (χ4v) is 1.67. The Balaban J connectivity index is 2.82. The molecule has 20 heavy (non-hydrogen) atoms. The fourth-order valence-electron chi connectivity index (χ4n) is 1.51. The Labute approximate surface area is 123 Å². The van der Waals surface area contributed by atoms with E-state index in [0.29, 0.717) is 5.76 Å². The van der Waals surface area contributed by atoms with Crippen LogP contribution < -0.4 is 5.32 Å². The molecule has 112 valence electrons. The van der Waals surface area contributed by atoms with Crippen molar-refractivity contribution in [2.24, 2.45) is 0 Å². The molecule has 0 spiro atoms. The molecule has 1 amide bonds. The van der Waals surface area contributed by atoms with E-state index in [-0.39, 0.29) is 11.8 Å². The average molecular weight is 302 g/mol. The number of amidine groups is 1. The van der Waals surface area contributed by atoms with Crippen LogP contribution in [0.1, 0.15) is 33.5 Å². The quantitative estimate of drug-likeness (QED) is 0.387. The van der Waals surface area contributed by atoms with Crippen molar-refractivity contribution in [3.8, 4) is 0 Å². The Bertz CT molecular complexity index is 454. The highest BCUT2D eigenvalue weighted by atomic mass is 35.5. The zero-order chi connectivity index (χ0) is 15.3. The largest absolute Gasteiger partial charge is 0.467 e. The van der Waals surface area contributed by atoms with Gasteiger partial charge in [-0.1, -0.05) is 0 Å². The van der Waals surface area contributed by atoms with E-state index in [9.17, 15) is 4.79 Å². The van der Waals surface area contributed by atoms with Crippen molar-refractivity contribution in [1.82, 2.24) is 10.2 Å². The van der Waals surface area contributed by atoms with E-state index < -0.39 is 17.9 Å². The number of nitrogens with one attached hydrogen (secondary N) is 2. The molecule has 6 nitrogen and oxygen atoms in total. The maximum Gasteiger partial charge on any atom is 0.412 e. The molecule has 0 saturated carbocycles. The van der Waals surface area contributed by atoms with Gasteiger partial charge in [0.1, 0.15) is 17.5 Å². The van der Waals surface area contributed by atoms with E-state index in [4.69, 9.17) is 26.2 Å². The lowest BCUT2D eigenvalue weighted by molar-refractivity contribution is 0.0128. The first kappa shape index (κ1) is 16.4. The van der Waals surface area contributed by atoms with Gasteiger partial charge >= 0.3 is 6.09 Å². The first-order chi connectivity index (χ1) is 9.19. The number of furan rings is 1. The van der Waals surface area contributed by atoms with Crippen LogP contribution >= 0.6 is 11.6 Å². The molecule has 7 heteroatoms. The summed E-state index contributed by atoms with van der Waals surface area (Å²) in [5.74, 6) is 0.616. The summed E-state index contributed by atoms with van der Waals surface area (Å²) in [7, 11) is 0. The minimum Gasteiger partial charge on any atom is -0.467 e. The Kier molecular flexibility index (Phi) is 5.44. The summed E-state index contributed by atoms with van der Waals surface area (Å²) in [5, 5.41) is 9.65. The molecule has 0 aliphatic carbocycles. The average Bonchev–Trinajstić information content (AvgIpc) is 2.74. The molecular weight excluding hydrogens is 282 g/mol. The van der Waals surface area contributed by atoms with E-state index in [0.717, 1.165) is 0 Å². The molecule has 0 aromatic carbocycles. The molecule has 0 aliphatic rings. The summed E-state index contributed by atoms with van der Waals surface area (Å²) >= 11 is 5.51. The van der Waals surface area contributed by atoms with Crippen LogP contribution in [0.15, 0.2) is 22.8 Å². The lowest BCUT2D eigenvalue weighted by Crippen LogP contribution is -2.49. The monoisotopic (exact) mass is 301 g/mol. The highest BCUT2D eigenvalue weighted by Crippen LogP contribution is 2.15. The van der Waals surface area contributed by atoms with Crippen LogP contribution in [0.2, 0.25) is 0 Å². The molecule has 1 atom stereocenters. The van der Waals surface area contributed by atoms with Crippen molar-refractivity contribution in [2.45, 2.75) is 46.0 Å². The molecule has 0 saturated heterocycles. The van der Waals surface area contributed by atoms with Crippen LogP contribution in [0.3, 0.4) is 0 Å². The molecule has 1 aromatic heterocycles. The van der Waals surface area contributed by atoms with E-state index in [2.05, 4.69) is 5.32 Å². The SMILES string of the molecule is CC(NC(=N)Cl)N(Cc1ccco1)C(=O)OC(C)(C)C. The van der Waals surface area contributed by atoms with Crippen LogP contribution in [-0.2, 0) is 11.3 Å². The molecule has 1 aromatic rings. The van der Waals surface area contributed by atoms with Crippen LogP contribution in [0.25, 0.3) is 0 Å². The number of rotatable bonds is 4. The summed E-state index contributed by atoms with van der Waals surface area (Å²) in [6, 6.07) is 3.50. The lowest BCUT2D eigenvalue weighted by atomic mass is 10.2. The second-order valence-corrected chi connectivity index (χ2v) is 5.70. The normalized spacial score (nSPS) is 12.7. The van der Waals surface area contributed by atoms with Crippen molar-refractivity contribution in [1.29, 1.82) is 5.41 Å². The van der Waals surface area contributed by atoms with Crippen LogP contribution in [-0.4, -0.2) is 28.1 Å². The predicted molar refractivity (Wildman–Crippen MR) is 76.7 cm³/mol. The number of hydrogen-bond acceptors (Lipinski definition) is 4. The molecule has 0 fully saturated rings. The summed E-state index contributed by atoms with van der Waals surface area (Å²) in [6.45, 7) is 7.30. The second kappa shape index (κ2) is 6.65. The summed E-state index contributed by atoms with van der Waals surface area (Å²) in [6.07, 6.45) is 0.524. The Morgan fingerprint density at radius 3 is 2.70 bits per heavy atom. The molecular formula is C13H20ClN3O3. The lowest BCUT2D eigenvalue weighted by Gasteiger charge is -2.31. The van der Waals surface area contributed by atoms with E-state index in [1.807, 2.05) is 0 Å².